The van der Waals surface area contributed by atoms with Gasteiger partial charge in [-0.25, -0.2) is 0 Å². The SMILES string of the molecule is CC1C(c2ccccc2)=[C-]c2ccccc21.CC1C(c2ccccc2)=[C-]c2ccccc21.[Cl-].[Cl-].[Zr+4]. The van der Waals surface area contributed by atoms with Gasteiger partial charge < -0.3 is 24.8 Å². The van der Waals surface area contributed by atoms with E-state index in [1.54, 1.807) is 0 Å². The molecule has 172 valence electrons. The van der Waals surface area contributed by atoms with Crippen molar-refractivity contribution in [2.75, 3.05) is 0 Å². The molecule has 0 spiro atoms. The van der Waals surface area contributed by atoms with Gasteiger partial charge in [0.25, 0.3) is 0 Å². The Bertz CT molecular complexity index is 1190. The molecule has 4 aromatic carbocycles. The van der Waals surface area contributed by atoms with Crippen LogP contribution in [0.3, 0.4) is 0 Å². The van der Waals surface area contributed by atoms with Crippen molar-refractivity contribution >= 4 is 11.1 Å². The molecule has 3 heteroatoms. The van der Waals surface area contributed by atoms with Gasteiger partial charge in [0.2, 0.25) is 0 Å². The molecule has 2 aliphatic rings. The van der Waals surface area contributed by atoms with Gasteiger partial charge >= 0.3 is 26.2 Å². The van der Waals surface area contributed by atoms with Crippen molar-refractivity contribution in [2.45, 2.75) is 25.7 Å². The number of benzene rings is 4. The van der Waals surface area contributed by atoms with Crippen LogP contribution in [0.15, 0.2) is 109 Å². The zero-order valence-corrected chi connectivity index (χ0v) is 23.8. The molecule has 35 heavy (non-hydrogen) atoms. The quantitative estimate of drug-likeness (QED) is 0.323. The van der Waals surface area contributed by atoms with Gasteiger partial charge in [-0.05, 0) is 11.8 Å². The Hall–Kier alpha value is -2.18. The molecule has 2 unspecified atom stereocenters. The maximum absolute atomic E-state index is 3.52. The zero-order valence-electron chi connectivity index (χ0n) is 19.8. The summed E-state index contributed by atoms with van der Waals surface area (Å²) in [4.78, 5) is 0. The van der Waals surface area contributed by atoms with Crippen LogP contribution in [0, 0.1) is 12.2 Å². The molecule has 0 saturated heterocycles. The van der Waals surface area contributed by atoms with Gasteiger partial charge in [-0.15, -0.1) is 82.0 Å². The molecule has 2 aliphatic carbocycles. The minimum atomic E-state index is 0. The van der Waals surface area contributed by atoms with Crippen LogP contribution in [0.25, 0.3) is 11.1 Å². The second-order valence-corrected chi connectivity index (χ2v) is 8.43. The van der Waals surface area contributed by atoms with E-state index in [1.807, 2.05) is 0 Å². The second kappa shape index (κ2) is 13.2. The van der Waals surface area contributed by atoms with Gasteiger partial charge in [0.1, 0.15) is 0 Å². The Morgan fingerprint density at radius 1 is 0.457 bits per heavy atom. The van der Waals surface area contributed by atoms with E-state index in [9.17, 15) is 0 Å². The van der Waals surface area contributed by atoms with E-state index >= 15 is 0 Å². The Balaban J connectivity index is 0.000000227. The summed E-state index contributed by atoms with van der Waals surface area (Å²) < 4.78 is 0. The summed E-state index contributed by atoms with van der Waals surface area (Å²) in [6.45, 7) is 4.50. The summed E-state index contributed by atoms with van der Waals surface area (Å²) in [5.41, 5.74) is 10.5. The van der Waals surface area contributed by atoms with Crippen LogP contribution in [-0.2, 0) is 26.2 Å². The summed E-state index contributed by atoms with van der Waals surface area (Å²) in [6, 6.07) is 38.1. The van der Waals surface area contributed by atoms with E-state index in [0.717, 1.165) is 0 Å². The molecule has 0 amide bonds. The van der Waals surface area contributed by atoms with Gasteiger partial charge in [0.05, 0.1) is 0 Å². The molecular weight excluding hydrogens is 546 g/mol. The normalized spacial score (nSPS) is 16.5. The van der Waals surface area contributed by atoms with Crippen molar-refractivity contribution in [2.24, 2.45) is 0 Å². The van der Waals surface area contributed by atoms with Crippen LogP contribution >= 0.6 is 0 Å². The molecule has 0 radical (unpaired) electrons. The fourth-order valence-electron chi connectivity index (χ4n) is 4.67. The molecule has 6 rings (SSSR count). The number of halogens is 2. The molecule has 4 aromatic rings. The third-order valence-corrected chi connectivity index (χ3v) is 6.43. The third-order valence-electron chi connectivity index (χ3n) is 6.43. The molecule has 0 aromatic heterocycles. The van der Waals surface area contributed by atoms with E-state index < -0.39 is 0 Å². The minimum absolute atomic E-state index is 0. The first-order valence-corrected chi connectivity index (χ1v) is 11.3. The molecule has 0 aliphatic heterocycles. The molecule has 0 saturated carbocycles. The summed E-state index contributed by atoms with van der Waals surface area (Å²) in [7, 11) is 0. The third kappa shape index (κ3) is 6.15. The van der Waals surface area contributed by atoms with E-state index in [2.05, 4.69) is 135 Å². The fourth-order valence-corrected chi connectivity index (χ4v) is 4.67. The van der Waals surface area contributed by atoms with Crippen molar-refractivity contribution in [3.8, 4) is 0 Å². The number of hydrogen-bond acceptors (Lipinski definition) is 0. The molecular formula is C32H26Cl2Zr. The van der Waals surface area contributed by atoms with Crippen LogP contribution in [0.1, 0.15) is 59.1 Å². The number of hydrogen-bond donors (Lipinski definition) is 0. The fraction of sp³-hybridized carbons (Fsp3) is 0.125. The first kappa shape index (κ1) is 29.1. The Morgan fingerprint density at radius 2 is 0.771 bits per heavy atom. The van der Waals surface area contributed by atoms with E-state index in [1.165, 1.54) is 44.5 Å². The van der Waals surface area contributed by atoms with Crippen LogP contribution < -0.4 is 24.8 Å². The van der Waals surface area contributed by atoms with Crippen LogP contribution in [0.2, 0.25) is 0 Å². The number of fused-ring (bicyclic) bond motifs is 2. The maximum atomic E-state index is 3.52. The second-order valence-electron chi connectivity index (χ2n) is 8.43. The van der Waals surface area contributed by atoms with E-state index in [4.69, 9.17) is 0 Å². The number of allylic oxidation sites excluding steroid dienone is 2. The first-order chi connectivity index (χ1) is 15.7. The molecule has 2 atom stereocenters. The molecule has 0 bridgehead atoms. The summed E-state index contributed by atoms with van der Waals surface area (Å²) in [5, 5.41) is 0. The summed E-state index contributed by atoms with van der Waals surface area (Å²) >= 11 is 0. The van der Waals surface area contributed by atoms with Crippen molar-refractivity contribution in [3.05, 3.63) is 155 Å². The topological polar surface area (TPSA) is 0 Å². The van der Waals surface area contributed by atoms with Crippen molar-refractivity contribution in [3.63, 3.8) is 0 Å². The number of rotatable bonds is 2. The average Bonchev–Trinajstić information content (AvgIpc) is 3.38. The standard InChI is InChI=1S/2C16H13.2ClH.Zr/c2*1-12-15-10-6-5-9-14(15)11-16(12)13-7-3-2-4-8-13;;;/h2*2-10,12H,1H3;2*1H;/q2*-1;;;+4/p-2. The van der Waals surface area contributed by atoms with E-state index in [-0.39, 0.29) is 51.0 Å². The van der Waals surface area contributed by atoms with Crippen molar-refractivity contribution in [1.29, 1.82) is 0 Å². The van der Waals surface area contributed by atoms with Gasteiger partial charge in [-0.3, -0.25) is 0 Å². The van der Waals surface area contributed by atoms with Crippen LogP contribution in [0.4, 0.5) is 0 Å². The molecule has 0 heterocycles. The predicted octanol–water partition coefficient (Wildman–Crippen LogP) is 2.08. The summed E-state index contributed by atoms with van der Waals surface area (Å²) in [5.74, 6) is 0.914. The predicted molar refractivity (Wildman–Crippen MR) is 134 cm³/mol. The largest absolute Gasteiger partial charge is 4.00 e. The van der Waals surface area contributed by atoms with Crippen molar-refractivity contribution in [1.82, 2.24) is 0 Å². The van der Waals surface area contributed by atoms with Gasteiger partial charge in [-0.2, -0.15) is 0 Å². The van der Waals surface area contributed by atoms with Crippen LogP contribution in [-0.4, -0.2) is 0 Å². The monoisotopic (exact) mass is 570 g/mol. The Morgan fingerprint density at radius 3 is 1.11 bits per heavy atom. The first-order valence-electron chi connectivity index (χ1n) is 11.3. The Kier molecular flexibility index (Phi) is 11.0. The van der Waals surface area contributed by atoms with Gasteiger partial charge in [0.15, 0.2) is 0 Å². The minimum Gasteiger partial charge on any atom is -1.00 e. The van der Waals surface area contributed by atoms with Gasteiger partial charge in [-0.1, -0.05) is 97.8 Å². The van der Waals surface area contributed by atoms with Gasteiger partial charge in [0, 0.05) is 0 Å². The molecule has 0 nitrogen and oxygen atoms in total. The Labute approximate surface area is 241 Å². The molecule has 0 fully saturated rings. The zero-order chi connectivity index (χ0) is 21.9. The van der Waals surface area contributed by atoms with E-state index in [0.29, 0.717) is 11.8 Å². The smallest absolute Gasteiger partial charge is 1.00 e. The summed E-state index contributed by atoms with van der Waals surface area (Å²) in [6.07, 6.45) is 7.03. The van der Waals surface area contributed by atoms with Crippen LogP contribution in [0.5, 0.6) is 0 Å². The van der Waals surface area contributed by atoms with Crippen molar-refractivity contribution < 1.29 is 51.0 Å². The maximum Gasteiger partial charge on any atom is 4.00 e. The molecule has 0 N–H and O–H groups in total. The average molecular weight is 573 g/mol.